The topological polar surface area (TPSA) is 96.9 Å². The van der Waals surface area contributed by atoms with Crippen molar-refractivity contribution in [1.82, 2.24) is 10.6 Å². The van der Waals surface area contributed by atoms with Crippen LogP contribution in [0.5, 0.6) is 17.2 Å². The van der Waals surface area contributed by atoms with Gasteiger partial charge in [0.25, 0.3) is 11.8 Å². The molecule has 8 heteroatoms. The van der Waals surface area contributed by atoms with E-state index >= 15 is 0 Å². The number of hydrogen-bond donors (Lipinski definition) is 3. The molecule has 0 saturated heterocycles. The van der Waals surface area contributed by atoms with E-state index in [0.29, 0.717) is 45.8 Å². The second-order valence-corrected chi connectivity index (χ2v) is 7.26. The zero-order chi connectivity index (χ0) is 21.0. The van der Waals surface area contributed by atoms with Crippen molar-refractivity contribution in [3.63, 3.8) is 0 Å². The highest BCUT2D eigenvalue weighted by Gasteiger charge is 2.28. The van der Waals surface area contributed by atoms with Crippen molar-refractivity contribution in [3.05, 3.63) is 57.7 Å². The number of phenolic OH excluding ortho intramolecular Hbond substituents is 1. The summed E-state index contributed by atoms with van der Waals surface area (Å²) in [5, 5.41) is 15.5. The Bertz CT molecular complexity index is 987. The normalized spacial score (nSPS) is 14.4. The first-order valence-electron chi connectivity index (χ1n) is 9.06. The van der Waals surface area contributed by atoms with Crippen LogP contribution >= 0.6 is 15.9 Å². The number of benzene rings is 2. The van der Waals surface area contributed by atoms with Crippen LogP contribution in [0.2, 0.25) is 0 Å². The van der Waals surface area contributed by atoms with E-state index in [1.165, 1.54) is 7.11 Å². The number of hydrogen-bond acceptors (Lipinski definition) is 6. The molecule has 1 aliphatic heterocycles. The number of phenols is 1. The number of rotatable bonds is 7. The van der Waals surface area contributed by atoms with Gasteiger partial charge in [-0.3, -0.25) is 14.9 Å². The quantitative estimate of drug-likeness (QED) is 0.433. The molecule has 0 fully saturated rings. The lowest BCUT2D eigenvalue weighted by Crippen LogP contribution is -2.37. The van der Waals surface area contributed by atoms with E-state index in [1.807, 2.05) is 13.0 Å². The summed E-state index contributed by atoms with van der Waals surface area (Å²) in [5.41, 5.74) is 2.00. The number of methoxy groups -OCH3 is 1. The summed E-state index contributed by atoms with van der Waals surface area (Å²) >= 11 is 3.39. The molecule has 0 spiro atoms. The molecule has 0 atom stereocenters. The van der Waals surface area contributed by atoms with Gasteiger partial charge in [-0.15, -0.1) is 0 Å². The molecule has 0 bridgehead atoms. The molecule has 0 radical (unpaired) electrons. The van der Waals surface area contributed by atoms with Crippen LogP contribution in [0.1, 0.15) is 34.8 Å². The maximum atomic E-state index is 12.3. The molecule has 0 saturated carbocycles. The molecule has 3 N–H and O–H groups in total. The van der Waals surface area contributed by atoms with Gasteiger partial charge < -0.3 is 19.9 Å². The van der Waals surface area contributed by atoms with Gasteiger partial charge in [-0.05, 0) is 52.2 Å². The van der Waals surface area contributed by atoms with E-state index in [-0.39, 0.29) is 5.75 Å². The molecule has 29 heavy (non-hydrogen) atoms. The molecule has 7 nitrogen and oxygen atoms in total. The largest absolute Gasteiger partial charge is 0.504 e. The van der Waals surface area contributed by atoms with E-state index < -0.39 is 11.8 Å². The van der Waals surface area contributed by atoms with Gasteiger partial charge in [-0.25, -0.2) is 0 Å². The second-order valence-electron chi connectivity index (χ2n) is 6.41. The van der Waals surface area contributed by atoms with E-state index in [1.54, 1.807) is 30.5 Å². The van der Waals surface area contributed by atoms with E-state index in [4.69, 9.17) is 9.47 Å². The standard InChI is InChI=1S/C21H21BrN2O5/c1-3-6-29-18-5-4-12(7-17(18)25)10-23-11-15-13-8-16(22)19(28-2)9-14(13)20(26)24-21(15)27/h4-5,7-9,11,23,25H,3,6,10H2,1-2H3,(H,24,26,27)/b15-11-. The first kappa shape index (κ1) is 20.7. The Morgan fingerprint density at radius 3 is 2.62 bits per heavy atom. The smallest absolute Gasteiger partial charge is 0.260 e. The Kier molecular flexibility index (Phi) is 6.43. The van der Waals surface area contributed by atoms with Crippen molar-refractivity contribution in [3.8, 4) is 17.2 Å². The van der Waals surface area contributed by atoms with Crippen molar-refractivity contribution in [1.29, 1.82) is 0 Å². The number of fused-ring (bicyclic) bond motifs is 1. The summed E-state index contributed by atoms with van der Waals surface area (Å²) in [5.74, 6) is 0.0415. The maximum Gasteiger partial charge on any atom is 0.260 e. The Hall–Kier alpha value is -3.00. The van der Waals surface area contributed by atoms with Crippen molar-refractivity contribution >= 4 is 33.3 Å². The molecular weight excluding hydrogens is 440 g/mol. The van der Waals surface area contributed by atoms with Crippen LogP contribution in [-0.2, 0) is 11.3 Å². The lowest BCUT2D eigenvalue weighted by Gasteiger charge is -2.20. The Morgan fingerprint density at radius 2 is 1.93 bits per heavy atom. The fraction of sp³-hybridized carbons (Fsp3) is 0.238. The average Bonchev–Trinajstić information content (AvgIpc) is 2.69. The van der Waals surface area contributed by atoms with Gasteiger partial charge in [0.15, 0.2) is 11.5 Å². The van der Waals surface area contributed by atoms with Gasteiger partial charge in [-0.1, -0.05) is 13.0 Å². The van der Waals surface area contributed by atoms with Crippen molar-refractivity contribution in [2.24, 2.45) is 0 Å². The van der Waals surface area contributed by atoms with Gasteiger partial charge in [0.05, 0.1) is 29.3 Å². The average molecular weight is 461 g/mol. The molecule has 2 aromatic rings. The minimum absolute atomic E-state index is 0.0628. The van der Waals surface area contributed by atoms with Crippen LogP contribution in [-0.4, -0.2) is 30.6 Å². The number of ether oxygens (including phenoxy) is 2. The number of imide groups is 1. The molecule has 3 rings (SSSR count). The Morgan fingerprint density at radius 1 is 1.14 bits per heavy atom. The number of amides is 2. The molecule has 2 aromatic carbocycles. The van der Waals surface area contributed by atoms with E-state index in [0.717, 1.165) is 12.0 Å². The zero-order valence-electron chi connectivity index (χ0n) is 16.0. The van der Waals surface area contributed by atoms with Crippen LogP contribution in [0.3, 0.4) is 0 Å². The second kappa shape index (κ2) is 9.00. The third-order valence-electron chi connectivity index (χ3n) is 4.34. The lowest BCUT2D eigenvalue weighted by atomic mass is 9.95. The predicted octanol–water partition coefficient (Wildman–Crippen LogP) is 3.35. The number of nitrogens with one attached hydrogen (secondary N) is 2. The first-order valence-corrected chi connectivity index (χ1v) is 9.85. The van der Waals surface area contributed by atoms with Gasteiger partial charge >= 0.3 is 0 Å². The molecule has 1 heterocycles. The summed E-state index contributed by atoms with van der Waals surface area (Å²) < 4.78 is 11.3. The molecule has 0 aromatic heterocycles. The summed E-state index contributed by atoms with van der Waals surface area (Å²) in [6.45, 7) is 2.90. The van der Waals surface area contributed by atoms with Gasteiger partial charge in [0.2, 0.25) is 0 Å². The molecule has 1 aliphatic rings. The highest BCUT2D eigenvalue weighted by molar-refractivity contribution is 9.10. The minimum atomic E-state index is -0.488. The number of carbonyl (C=O) groups is 2. The summed E-state index contributed by atoms with van der Waals surface area (Å²) in [6.07, 6.45) is 2.41. The highest BCUT2D eigenvalue weighted by atomic mass is 79.9. The summed E-state index contributed by atoms with van der Waals surface area (Å²) in [7, 11) is 1.50. The van der Waals surface area contributed by atoms with Crippen LogP contribution in [0.25, 0.3) is 5.57 Å². The third-order valence-corrected chi connectivity index (χ3v) is 4.96. The fourth-order valence-electron chi connectivity index (χ4n) is 2.90. The van der Waals surface area contributed by atoms with Gasteiger partial charge in [0, 0.05) is 18.3 Å². The van der Waals surface area contributed by atoms with E-state index in [9.17, 15) is 14.7 Å². The Balaban J connectivity index is 1.80. The van der Waals surface area contributed by atoms with Crippen molar-refractivity contribution in [2.75, 3.05) is 13.7 Å². The molecule has 0 unspecified atom stereocenters. The minimum Gasteiger partial charge on any atom is -0.504 e. The summed E-state index contributed by atoms with van der Waals surface area (Å²) in [6, 6.07) is 8.42. The van der Waals surface area contributed by atoms with Gasteiger partial charge in [-0.2, -0.15) is 0 Å². The maximum absolute atomic E-state index is 12.3. The highest BCUT2D eigenvalue weighted by Crippen LogP contribution is 2.34. The van der Waals surface area contributed by atoms with Crippen LogP contribution < -0.4 is 20.1 Å². The first-order chi connectivity index (χ1) is 13.9. The van der Waals surface area contributed by atoms with E-state index in [2.05, 4.69) is 26.6 Å². The fourth-order valence-corrected chi connectivity index (χ4v) is 3.41. The SMILES string of the molecule is CCCOc1ccc(CN/C=C2\C(=O)NC(=O)c3cc(OC)c(Br)cc32)cc1O. The predicted molar refractivity (Wildman–Crippen MR) is 112 cm³/mol. The third kappa shape index (κ3) is 4.54. The zero-order valence-corrected chi connectivity index (χ0v) is 17.6. The number of carbonyl (C=O) groups excluding carboxylic acids is 2. The van der Waals surface area contributed by atoms with Crippen LogP contribution in [0.4, 0.5) is 0 Å². The molecule has 0 aliphatic carbocycles. The Labute approximate surface area is 176 Å². The molecule has 2 amide bonds. The number of aromatic hydroxyl groups is 1. The van der Waals surface area contributed by atoms with Crippen LogP contribution in [0, 0.1) is 0 Å². The molecular formula is C21H21BrN2O5. The molecule has 152 valence electrons. The van der Waals surface area contributed by atoms with Crippen LogP contribution in [0.15, 0.2) is 41.0 Å². The van der Waals surface area contributed by atoms with Gasteiger partial charge in [0.1, 0.15) is 5.75 Å². The summed E-state index contributed by atoms with van der Waals surface area (Å²) in [4.78, 5) is 24.5. The van der Waals surface area contributed by atoms with Crippen molar-refractivity contribution < 1.29 is 24.2 Å². The number of halogens is 1. The monoisotopic (exact) mass is 460 g/mol. The lowest BCUT2D eigenvalue weighted by molar-refractivity contribution is -0.114. The van der Waals surface area contributed by atoms with Crippen molar-refractivity contribution in [2.45, 2.75) is 19.9 Å².